The summed E-state index contributed by atoms with van der Waals surface area (Å²) in [6, 6.07) is 7.51. The van der Waals surface area contributed by atoms with Crippen LogP contribution in [0, 0.1) is 12.8 Å². The van der Waals surface area contributed by atoms with Crippen LogP contribution in [0.25, 0.3) is 10.9 Å². The van der Waals surface area contributed by atoms with Gasteiger partial charge in [0.15, 0.2) is 6.61 Å². The summed E-state index contributed by atoms with van der Waals surface area (Å²) in [6.45, 7) is 2.69. The lowest BCUT2D eigenvalue weighted by molar-refractivity contribution is -0.123. The van der Waals surface area contributed by atoms with Crippen LogP contribution >= 0.6 is 0 Å². The van der Waals surface area contributed by atoms with E-state index in [0.29, 0.717) is 11.7 Å². The first-order chi connectivity index (χ1) is 12.2. The minimum atomic E-state index is -0.0731. The Labute approximate surface area is 148 Å². The molecule has 1 aromatic carbocycles. The van der Waals surface area contributed by atoms with E-state index in [1.165, 1.54) is 32.1 Å². The van der Waals surface area contributed by atoms with Crippen molar-refractivity contribution >= 4 is 16.8 Å². The Kier molecular flexibility index (Phi) is 5.74. The number of carbonyl (C=O) groups excluding carboxylic acids is 1. The van der Waals surface area contributed by atoms with E-state index in [-0.39, 0.29) is 12.5 Å². The zero-order chi connectivity index (χ0) is 17.6. The number of carbonyl (C=O) groups is 1. The smallest absolute Gasteiger partial charge is 0.257 e. The van der Waals surface area contributed by atoms with Crippen molar-refractivity contribution in [3.63, 3.8) is 0 Å². The van der Waals surface area contributed by atoms with Crippen molar-refractivity contribution < 1.29 is 14.3 Å². The summed E-state index contributed by atoms with van der Waals surface area (Å²) < 4.78 is 11.1. The fourth-order valence-corrected chi connectivity index (χ4v) is 3.39. The molecule has 5 nitrogen and oxygen atoms in total. The monoisotopic (exact) mass is 342 g/mol. The van der Waals surface area contributed by atoms with Crippen LogP contribution < -0.4 is 14.8 Å². The van der Waals surface area contributed by atoms with Gasteiger partial charge in [0.05, 0.1) is 12.6 Å². The van der Waals surface area contributed by atoms with Crippen LogP contribution in [0.2, 0.25) is 0 Å². The molecule has 0 bridgehead atoms. The lowest BCUT2D eigenvalue weighted by Crippen LogP contribution is -2.33. The van der Waals surface area contributed by atoms with Gasteiger partial charge in [-0.05, 0) is 43.9 Å². The Balaban J connectivity index is 1.62. The molecule has 1 aromatic heterocycles. The molecule has 1 amide bonds. The van der Waals surface area contributed by atoms with Crippen molar-refractivity contribution in [3.05, 3.63) is 30.0 Å². The van der Waals surface area contributed by atoms with Crippen molar-refractivity contribution in [2.24, 2.45) is 5.92 Å². The first-order valence-corrected chi connectivity index (χ1v) is 9.00. The standard InChI is InChI=1S/C20H26N2O3/c1-14-10-19(17-11-16(24-2)8-9-18(17)22-14)25-13-20(23)21-12-15-6-4-3-5-7-15/h8-11,15H,3-7,12-13H2,1-2H3,(H,21,23). The molecule has 2 aromatic rings. The number of nitrogens with one attached hydrogen (secondary N) is 1. The zero-order valence-corrected chi connectivity index (χ0v) is 15.0. The molecule has 1 aliphatic carbocycles. The number of aryl methyl sites for hydroxylation is 1. The van der Waals surface area contributed by atoms with E-state index < -0.39 is 0 Å². The fraction of sp³-hybridized carbons (Fsp3) is 0.500. The minimum absolute atomic E-state index is 0.0164. The Morgan fingerprint density at radius 1 is 1.24 bits per heavy atom. The van der Waals surface area contributed by atoms with Crippen LogP contribution in [-0.2, 0) is 4.79 Å². The van der Waals surface area contributed by atoms with Gasteiger partial charge in [0.2, 0.25) is 0 Å². The highest BCUT2D eigenvalue weighted by Gasteiger charge is 2.15. The van der Waals surface area contributed by atoms with Gasteiger partial charge < -0.3 is 14.8 Å². The Morgan fingerprint density at radius 2 is 2.04 bits per heavy atom. The van der Waals surface area contributed by atoms with Crippen LogP contribution in [0.15, 0.2) is 24.3 Å². The van der Waals surface area contributed by atoms with E-state index >= 15 is 0 Å². The Morgan fingerprint density at radius 3 is 2.80 bits per heavy atom. The van der Waals surface area contributed by atoms with Crippen LogP contribution in [0.5, 0.6) is 11.5 Å². The normalized spacial score (nSPS) is 15.1. The van der Waals surface area contributed by atoms with Gasteiger partial charge in [0.25, 0.3) is 5.91 Å². The van der Waals surface area contributed by atoms with Gasteiger partial charge in [-0.25, -0.2) is 0 Å². The maximum Gasteiger partial charge on any atom is 0.257 e. The number of methoxy groups -OCH3 is 1. The highest BCUT2D eigenvalue weighted by Crippen LogP contribution is 2.29. The predicted molar refractivity (Wildman–Crippen MR) is 98.1 cm³/mol. The quantitative estimate of drug-likeness (QED) is 0.871. The molecule has 1 fully saturated rings. The van der Waals surface area contributed by atoms with Crippen LogP contribution in [0.4, 0.5) is 0 Å². The molecular weight excluding hydrogens is 316 g/mol. The molecule has 5 heteroatoms. The predicted octanol–water partition coefficient (Wildman–Crippen LogP) is 3.63. The summed E-state index contributed by atoms with van der Waals surface area (Å²) in [5, 5.41) is 3.86. The number of benzene rings is 1. The summed E-state index contributed by atoms with van der Waals surface area (Å²) in [4.78, 5) is 16.6. The molecule has 25 heavy (non-hydrogen) atoms. The molecule has 0 saturated heterocycles. The lowest BCUT2D eigenvalue weighted by atomic mass is 9.89. The van der Waals surface area contributed by atoms with Crippen LogP contribution in [0.1, 0.15) is 37.8 Å². The molecule has 0 spiro atoms. The maximum absolute atomic E-state index is 12.1. The lowest BCUT2D eigenvalue weighted by Gasteiger charge is -2.21. The molecule has 134 valence electrons. The molecule has 0 atom stereocenters. The summed E-state index contributed by atoms with van der Waals surface area (Å²) >= 11 is 0. The van der Waals surface area contributed by atoms with Crippen LogP contribution in [0.3, 0.4) is 0 Å². The van der Waals surface area contributed by atoms with E-state index in [1.807, 2.05) is 31.2 Å². The van der Waals surface area contributed by atoms with E-state index in [2.05, 4.69) is 10.3 Å². The number of hydrogen-bond donors (Lipinski definition) is 1. The second-order valence-corrected chi connectivity index (χ2v) is 6.74. The fourth-order valence-electron chi connectivity index (χ4n) is 3.39. The van der Waals surface area contributed by atoms with Gasteiger partial charge in [0, 0.05) is 23.7 Å². The van der Waals surface area contributed by atoms with E-state index in [9.17, 15) is 4.79 Å². The molecule has 1 aliphatic rings. The molecule has 1 heterocycles. The average Bonchev–Trinajstić information content (AvgIpc) is 2.64. The van der Waals surface area contributed by atoms with Crippen molar-refractivity contribution in [1.82, 2.24) is 10.3 Å². The minimum Gasteiger partial charge on any atom is -0.497 e. The highest BCUT2D eigenvalue weighted by molar-refractivity contribution is 5.87. The SMILES string of the molecule is COc1ccc2nc(C)cc(OCC(=O)NCC3CCCCC3)c2c1. The van der Waals surface area contributed by atoms with Gasteiger partial charge in [-0.1, -0.05) is 19.3 Å². The molecular formula is C20H26N2O3. The Bertz CT molecular complexity index is 739. The van der Waals surface area contributed by atoms with Gasteiger partial charge in [0.1, 0.15) is 11.5 Å². The van der Waals surface area contributed by atoms with E-state index in [0.717, 1.165) is 28.9 Å². The van der Waals surface area contributed by atoms with Gasteiger partial charge >= 0.3 is 0 Å². The maximum atomic E-state index is 12.1. The number of amides is 1. The second kappa shape index (κ2) is 8.19. The average molecular weight is 342 g/mol. The van der Waals surface area contributed by atoms with Crippen molar-refractivity contribution in [3.8, 4) is 11.5 Å². The summed E-state index contributed by atoms with van der Waals surface area (Å²) in [5.41, 5.74) is 1.69. The number of nitrogens with zero attached hydrogens (tertiary/aromatic N) is 1. The number of hydrogen-bond acceptors (Lipinski definition) is 4. The number of pyridine rings is 1. The topological polar surface area (TPSA) is 60.5 Å². The van der Waals surface area contributed by atoms with Crippen molar-refractivity contribution in [2.75, 3.05) is 20.3 Å². The molecule has 1 saturated carbocycles. The van der Waals surface area contributed by atoms with Gasteiger partial charge in [-0.2, -0.15) is 0 Å². The van der Waals surface area contributed by atoms with Crippen molar-refractivity contribution in [1.29, 1.82) is 0 Å². The van der Waals surface area contributed by atoms with E-state index in [1.54, 1.807) is 7.11 Å². The molecule has 1 N–H and O–H groups in total. The molecule has 3 rings (SSSR count). The van der Waals surface area contributed by atoms with Gasteiger partial charge in [-0.3, -0.25) is 9.78 Å². The Hall–Kier alpha value is -2.30. The van der Waals surface area contributed by atoms with Gasteiger partial charge in [-0.15, -0.1) is 0 Å². The largest absolute Gasteiger partial charge is 0.497 e. The summed E-state index contributed by atoms with van der Waals surface area (Å²) in [6.07, 6.45) is 6.32. The third-order valence-corrected chi connectivity index (χ3v) is 4.78. The summed E-state index contributed by atoms with van der Waals surface area (Å²) in [5.74, 6) is 1.95. The van der Waals surface area contributed by atoms with E-state index in [4.69, 9.17) is 9.47 Å². The third-order valence-electron chi connectivity index (χ3n) is 4.78. The first-order valence-electron chi connectivity index (χ1n) is 9.00. The number of ether oxygens (including phenoxy) is 2. The molecule has 0 aliphatic heterocycles. The number of rotatable bonds is 6. The highest BCUT2D eigenvalue weighted by atomic mass is 16.5. The molecule has 0 unspecified atom stereocenters. The third kappa shape index (κ3) is 4.62. The summed E-state index contributed by atoms with van der Waals surface area (Å²) in [7, 11) is 1.63. The second-order valence-electron chi connectivity index (χ2n) is 6.74. The van der Waals surface area contributed by atoms with Crippen molar-refractivity contribution in [2.45, 2.75) is 39.0 Å². The number of aromatic nitrogens is 1. The molecule has 0 radical (unpaired) electrons. The first kappa shape index (κ1) is 17.5. The number of fused-ring (bicyclic) bond motifs is 1. The zero-order valence-electron chi connectivity index (χ0n) is 15.0. The van der Waals surface area contributed by atoms with Crippen LogP contribution in [-0.4, -0.2) is 31.2 Å².